The second kappa shape index (κ2) is 4.96. The smallest absolute Gasteiger partial charge is 0.125 e. The van der Waals surface area contributed by atoms with Gasteiger partial charge in [0.25, 0.3) is 0 Å². The molecule has 2 rings (SSSR count). The third kappa shape index (κ3) is 2.72. The number of ether oxygens (including phenoxy) is 2. The molecule has 0 spiro atoms. The Morgan fingerprint density at radius 2 is 2.24 bits per heavy atom. The first-order chi connectivity index (χ1) is 8.10. The third-order valence-electron chi connectivity index (χ3n) is 3.09. The largest absolute Gasteiger partial charge is 0.497 e. The van der Waals surface area contributed by atoms with Crippen molar-refractivity contribution < 1.29 is 14.6 Å². The summed E-state index contributed by atoms with van der Waals surface area (Å²) in [7, 11) is 1.62. The zero-order chi connectivity index (χ0) is 12.4. The van der Waals surface area contributed by atoms with Crippen molar-refractivity contribution in [1.29, 1.82) is 0 Å². The average molecular weight is 236 g/mol. The summed E-state index contributed by atoms with van der Waals surface area (Å²) in [6.45, 7) is 4.33. The van der Waals surface area contributed by atoms with Gasteiger partial charge in [0.2, 0.25) is 0 Å². The number of hydrogen-bond acceptors (Lipinski definition) is 3. The molecule has 1 aromatic rings. The van der Waals surface area contributed by atoms with E-state index in [0.717, 1.165) is 23.5 Å². The fourth-order valence-electron chi connectivity index (χ4n) is 2.30. The number of aliphatic hydroxyl groups excluding tert-OH is 1. The third-order valence-corrected chi connectivity index (χ3v) is 3.09. The van der Waals surface area contributed by atoms with Gasteiger partial charge in [0.05, 0.1) is 13.2 Å². The quantitative estimate of drug-likeness (QED) is 0.877. The second-order valence-corrected chi connectivity index (χ2v) is 5.02. The monoisotopic (exact) mass is 236 g/mol. The van der Waals surface area contributed by atoms with Crippen LogP contribution >= 0.6 is 0 Å². The molecule has 1 aliphatic heterocycles. The van der Waals surface area contributed by atoms with Crippen LogP contribution in [0.25, 0.3) is 0 Å². The highest BCUT2D eigenvalue weighted by molar-refractivity contribution is 5.43. The fourth-order valence-corrected chi connectivity index (χ4v) is 2.30. The maximum Gasteiger partial charge on any atom is 0.125 e. The summed E-state index contributed by atoms with van der Waals surface area (Å²) < 4.78 is 11.1. The summed E-state index contributed by atoms with van der Waals surface area (Å²) in [6, 6.07) is 5.60. The lowest BCUT2D eigenvalue weighted by Gasteiger charge is -2.30. The summed E-state index contributed by atoms with van der Waals surface area (Å²) in [5.41, 5.74) is 0.837. The molecule has 94 valence electrons. The minimum absolute atomic E-state index is 0.117. The van der Waals surface area contributed by atoms with E-state index in [1.54, 1.807) is 7.11 Å². The minimum Gasteiger partial charge on any atom is -0.497 e. The molecule has 2 atom stereocenters. The van der Waals surface area contributed by atoms with Gasteiger partial charge in [-0.25, -0.2) is 0 Å². The molecular weight excluding hydrogens is 216 g/mol. The lowest BCUT2D eigenvalue weighted by atomic mass is 9.94. The predicted molar refractivity (Wildman–Crippen MR) is 66.4 cm³/mol. The van der Waals surface area contributed by atoms with E-state index < -0.39 is 6.10 Å². The van der Waals surface area contributed by atoms with Gasteiger partial charge in [-0.2, -0.15) is 0 Å². The minimum atomic E-state index is -0.447. The highest BCUT2D eigenvalue weighted by Gasteiger charge is 2.27. The van der Waals surface area contributed by atoms with Crippen LogP contribution in [0.15, 0.2) is 18.2 Å². The Morgan fingerprint density at radius 1 is 1.47 bits per heavy atom. The maximum atomic E-state index is 10.1. The molecule has 2 unspecified atom stereocenters. The molecule has 3 heteroatoms. The molecule has 1 aliphatic rings. The van der Waals surface area contributed by atoms with Crippen molar-refractivity contribution >= 4 is 0 Å². The van der Waals surface area contributed by atoms with E-state index in [0.29, 0.717) is 12.3 Å². The van der Waals surface area contributed by atoms with Gasteiger partial charge in [-0.1, -0.05) is 13.8 Å². The highest BCUT2D eigenvalue weighted by Crippen LogP contribution is 2.38. The van der Waals surface area contributed by atoms with Crippen LogP contribution < -0.4 is 9.47 Å². The Hall–Kier alpha value is -1.22. The van der Waals surface area contributed by atoms with Crippen molar-refractivity contribution in [3.05, 3.63) is 23.8 Å². The molecule has 0 saturated heterocycles. The molecule has 0 radical (unpaired) electrons. The fraction of sp³-hybridized carbons (Fsp3) is 0.571. The summed E-state index contributed by atoms with van der Waals surface area (Å²) in [6.07, 6.45) is 1.31. The van der Waals surface area contributed by atoms with Gasteiger partial charge in [-0.15, -0.1) is 0 Å². The number of methoxy groups -OCH3 is 1. The van der Waals surface area contributed by atoms with Crippen LogP contribution in [0.5, 0.6) is 11.5 Å². The molecule has 17 heavy (non-hydrogen) atoms. The van der Waals surface area contributed by atoms with Crippen LogP contribution in [0.3, 0.4) is 0 Å². The van der Waals surface area contributed by atoms with Gasteiger partial charge < -0.3 is 14.6 Å². The lowest BCUT2D eigenvalue weighted by Crippen LogP contribution is -2.27. The van der Waals surface area contributed by atoms with E-state index in [-0.39, 0.29) is 6.10 Å². The Bertz CT molecular complexity index is 387. The normalized spacial score (nSPS) is 23.1. The van der Waals surface area contributed by atoms with Crippen molar-refractivity contribution in [3.63, 3.8) is 0 Å². The van der Waals surface area contributed by atoms with Gasteiger partial charge in [0, 0.05) is 12.0 Å². The number of aliphatic hydroxyl groups is 1. The van der Waals surface area contributed by atoms with Gasteiger partial charge >= 0.3 is 0 Å². The molecule has 1 N–H and O–H groups in total. The van der Waals surface area contributed by atoms with Crippen molar-refractivity contribution in [2.75, 3.05) is 7.11 Å². The first-order valence-electron chi connectivity index (χ1n) is 6.12. The summed E-state index contributed by atoms with van der Waals surface area (Å²) in [5.74, 6) is 2.12. The molecule has 0 fully saturated rings. The van der Waals surface area contributed by atoms with E-state index in [2.05, 4.69) is 13.8 Å². The summed E-state index contributed by atoms with van der Waals surface area (Å²) in [5, 5.41) is 10.1. The molecular formula is C14H20O3. The predicted octanol–water partition coefficient (Wildman–Crippen LogP) is 2.93. The second-order valence-electron chi connectivity index (χ2n) is 5.02. The summed E-state index contributed by atoms with van der Waals surface area (Å²) >= 11 is 0. The van der Waals surface area contributed by atoms with E-state index in [1.165, 1.54) is 0 Å². The zero-order valence-corrected chi connectivity index (χ0v) is 10.6. The topological polar surface area (TPSA) is 38.7 Å². The highest BCUT2D eigenvalue weighted by atomic mass is 16.5. The van der Waals surface area contributed by atoms with Crippen molar-refractivity contribution in [3.8, 4) is 11.5 Å². The standard InChI is InChI=1S/C14H20O3/c1-9(2)6-11-8-13(15)12-7-10(16-3)4-5-14(12)17-11/h4-5,7,9,11,13,15H,6,8H2,1-3H3. The van der Waals surface area contributed by atoms with E-state index in [4.69, 9.17) is 9.47 Å². The first-order valence-corrected chi connectivity index (χ1v) is 6.12. The van der Waals surface area contributed by atoms with E-state index >= 15 is 0 Å². The van der Waals surface area contributed by atoms with E-state index in [1.807, 2.05) is 18.2 Å². The van der Waals surface area contributed by atoms with E-state index in [9.17, 15) is 5.11 Å². The lowest BCUT2D eigenvalue weighted by molar-refractivity contribution is 0.0554. The van der Waals surface area contributed by atoms with Crippen LogP contribution in [0.4, 0.5) is 0 Å². The number of rotatable bonds is 3. The number of benzene rings is 1. The van der Waals surface area contributed by atoms with Crippen molar-refractivity contribution in [2.24, 2.45) is 5.92 Å². The maximum absolute atomic E-state index is 10.1. The Balaban J connectivity index is 2.19. The van der Waals surface area contributed by atoms with Crippen LogP contribution in [-0.2, 0) is 0 Å². The van der Waals surface area contributed by atoms with Crippen LogP contribution in [0.1, 0.15) is 38.4 Å². The van der Waals surface area contributed by atoms with Gasteiger partial charge in [0.1, 0.15) is 17.6 Å². The van der Waals surface area contributed by atoms with Crippen molar-refractivity contribution in [2.45, 2.75) is 38.9 Å². The molecule has 0 aliphatic carbocycles. The van der Waals surface area contributed by atoms with Crippen LogP contribution in [0, 0.1) is 5.92 Å². The molecule has 0 bridgehead atoms. The average Bonchev–Trinajstić information content (AvgIpc) is 2.28. The molecule has 1 heterocycles. The molecule has 3 nitrogen and oxygen atoms in total. The number of hydrogen-bond donors (Lipinski definition) is 1. The van der Waals surface area contributed by atoms with Gasteiger partial charge in [0.15, 0.2) is 0 Å². The van der Waals surface area contributed by atoms with Crippen LogP contribution in [0.2, 0.25) is 0 Å². The zero-order valence-electron chi connectivity index (χ0n) is 10.6. The first kappa shape index (κ1) is 12.2. The molecule has 0 aromatic heterocycles. The Kier molecular flexibility index (Phi) is 3.57. The molecule has 0 saturated carbocycles. The summed E-state index contributed by atoms with van der Waals surface area (Å²) in [4.78, 5) is 0. The SMILES string of the molecule is COc1ccc2c(c1)C(O)CC(CC(C)C)O2. The van der Waals surface area contributed by atoms with Gasteiger partial charge in [-0.05, 0) is 30.5 Å². The Morgan fingerprint density at radius 3 is 2.88 bits per heavy atom. The molecule has 1 aromatic carbocycles. The van der Waals surface area contributed by atoms with Crippen molar-refractivity contribution in [1.82, 2.24) is 0 Å². The van der Waals surface area contributed by atoms with Gasteiger partial charge in [-0.3, -0.25) is 0 Å². The Labute approximate surface area is 102 Å². The van der Waals surface area contributed by atoms with Crippen LogP contribution in [-0.4, -0.2) is 18.3 Å². The number of fused-ring (bicyclic) bond motifs is 1. The molecule has 0 amide bonds.